The average molecular weight is 417 g/mol. The fourth-order valence-electron chi connectivity index (χ4n) is 4.50. The molecule has 1 heterocycles. The van der Waals surface area contributed by atoms with Gasteiger partial charge in [0, 0.05) is 40.2 Å². The number of ether oxygens (including phenoxy) is 1. The molecule has 2 aliphatic rings. The van der Waals surface area contributed by atoms with Crippen molar-refractivity contribution in [2.24, 2.45) is 0 Å². The second kappa shape index (κ2) is 8.80. The van der Waals surface area contributed by atoms with Crippen LogP contribution in [0.4, 0.5) is 5.69 Å². The molecule has 160 valence electrons. The molecule has 5 nitrogen and oxygen atoms in total. The van der Waals surface area contributed by atoms with Gasteiger partial charge in [0.15, 0.2) is 5.78 Å². The zero-order valence-electron chi connectivity index (χ0n) is 18.2. The van der Waals surface area contributed by atoms with Crippen LogP contribution in [0.3, 0.4) is 0 Å². The van der Waals surface area contributed by atoms with Crippen LogP contribution in [0.5, 0.6) is 5.75 Å². The molecule has 31 heavy (non-hydrogen) atoms. The molecule has 2 N–H and O–H groups in total. The van der Waals surface area contributed by atoms with E-state index in [0.717, 1.165) is 41.1 Å². The van der Waals surface area contributed by atoms with Crippen molar-refractivity contribution in [3.05, 3.63) is 82.2 Å². The quantitative estimate of drug-likeness (QED) is 0.720. The van der Waals surface area contributed by atoms with Gasteiger partial charge < -0.3 is 15.4 Å². The van der Waals surface area contributed by atoms with Gasteiger partial charge in [-0.25, -0.2) is 0 Å². The van der Waals surface area contributed by atoms with E-state index in [9.17, 15) is 9.59 Å². The topological polar surface area (TPSA) is 67.4 Å². The molecule has 0 saturated carbocycles. The minimum atomic E-state index is -0.462. The van der Waals surface area contributed by atoms with Crippen LogP contribution in [0.15, 0.2) is 71.1 Å². The molecule has 1 aliphatic carbocycles. The first kappa shape index (κ1) is 20.9. The number of para-hydroxylation sites is 2. The highest BCUT2D eigenvalue weighted by Gasteiger charge is 2.39. The van der Waals surface area contributed by atoms with Crippen molar-refractivity contribution in [3.63, 3.8) is 0 Å². The van der Waals surface area contributed by atoms with Crippen molar-refractivity contribution in [2.45, 2.75) is 46.0 Å². The normalized spacial score (nSPS) is 18.4. The number of rotatable bonds is 5. The number of Topliss-reactive ketones (excluding diaryl/α,β-unsaturated/α-hetero) is 1. The van der Waals surface area contributed by atoms with Crippen LogP contribution in [0, 0.1) is 6.92 Å². The molecule has 4 rings (SSSR count). The first-order valence-electron chi connectivity index (χ1n) is 10.8. The number of aryl methyl sites for hydroxylation is 1. The number of hydrogen-bond acceptors (Lipinski definition) is 4. The van der Waals surface area contributed by atoms with Gasteiger partial charge in [0.25, 0.3) is 5.91 Å². The maximum absolute atomic E-state index is 13.6. The van der Waals surface area contributed by atoms with Crippen molar-refractivity contribution in [1.82, 2.24) is 5.32 Å². The monoisotopic (exact) mass is 416 g/mol. The Balaban J connectivity index is 1.83. The van der Waals surface area contributed by atoms with Crippen LogP contribution < -0.4 is 15.4 Å². The number of carbonyl (C=O) groups excluding carboxylic acids is 2. The molecule has 2 aromatic rings. The molecule has 0 saturated heterocycles. The number of nitrogens with one attached hydrogen (secondary N) is 2. The Morgan fingerprint density at radius 3 is 2.61 bits per heavy atom. The van der Waals surface area contributed by atoms with E-state index in [-0.39, 0.29) is 11.7 Å². The first-order chi connectivity index (χ1) is 15.0. The van der Waals surface area contributed by atoms with Crippen molar-refractivity contribution in [2.75, 3.05) is 11.9 Å². The number of benzene rings is 2. The average Bonchev–Trinajstić information content (AvgIpc) is 2.75. The molecule has 2 aromatic carbocycles. The number of anilines is 1. The lowest BCUT2D eigenvalue weighted by molar-refractivity contribution is -0.116. The first-order valence-corrected chi connectivity index (χ1v) is 10.8. The van der Waals surface area contributed by atoms with E-state index in [1.165, 1.54) is 0 Å². The van der Waals surface area contributed by atoms with E-state index >= 15 is 0 Å². The lowest BCUT2D eigenvalue weighted by Crippen LogP contribution is -2.35. The summed E-state index contributed by atoms with van der Waals surface area (Å²) < 4.78 is 5.90. The molecule has 0 radical (unpaired) electrons. The Morgan fingerprint density at radius 1 is 1.10 bits per heavy atom. The molecular weight excluding hydrogens is 388 g/mol. The number of amides is 1. The smallest absolute Gasteiger partial charge is 0.254 e. The summed E-state index contributed by atoms with van der Waals surface area (Å²) in [6, 6.07) is 15.4. The lowest BCUT2D eigenvalue weighted by atomic mass is 9.74. The molecule has 0 fully saturated rings. The third-order valence-corrected chi connectivity index (χ3v) is 5.94. The van der Waals surface area contributed by atoms with Crippen molar-refractivity contribution in [1.29, 1.82) is 0 Å². The van der Waals surface area contributed by atoms with Gasteiger partial charge in [0.1, 0.15) is 5.75 Å². The van der Waals surface area contributed by atoms with Crippen molar-refractivity contribution >= 4 is 17.4 Å². The molecule has 0 spiro atoms. The summed E-state index contributed by atoms with van der Waals surface area (Å²) in [6.45, 7) is 6.31. The molecule has 0 unspecified atom stereocenters. The van der Waals surface area contributed by atoms with E-state index in [1.807, 2.05) is 69.3 Å². The number of dihydropyridines is 1. The van der Waals surface area contributed by atoms with Crippen LogP contribution in [0.2, 0.25) is 0 Å². The van der Waals surface area contributed by atoms with Crippen LogP contribution in [0.1, 0.15) is 50.2 Å². The van der Waals surface area contributed by atoms with Crippen LogP contribution in [0.25, 0.3) is 0 Å². The summed E-state index contributed by atoms with van der Waals surface area (Å²) >= 11 is 0. The fraction of sp³-hybridized carbons (Fsp3) is 0.308. The third-order valence-electron chi connectivity index (χ3n) is 5.94. The predicted molar refractivity (Wildman–Crippen MR) is 122 cm³/mol. The van der Waals surface area contributed by atoms with E-state index < -0.39 is 5.92 Å². The summed E-state index contributed by atoms with van der Waals surface area (Å²) in [5, 5.41) is 6.43. The van der Waals surface area contributed by atoms with Gasteiger partial charge in [-0.15, -0.1) is 0 Å². The minimum absolute atomic E-state index is 0.0961. The van der Waals surface area contributed by atoms with Crippen LogP contribution >= 0.6 is 0 Å². The second-order valence-corrected chi connectivity index (χ2v) is 8.01. The van der Waals surface area contributed by atoms with Gasteiger partial charge in [-0.3, -0.25) is 9.59 Å². The highest BCUT2D eigenvalue weighted by molar-refractivity contribution is 6.10. The summed E-state index contributed by atoms with van der Waals surface area (Å²) in [5.74, 6) is 0.131. The molecule has 1 atom stereocenters. The van der Waals surface area contributed by atoms with E-state index in [1.54, 1.807) is 0 Å². The van der Waals surface area contributed by atoms with E-state index in [2.05, 4.69) is 10.6 Å². The molecule has 1 aliphatic heterocycles. The fourth-order valence-corrected chi connectivity index (χ4v) is 4.50. The molecule has 0 bridgehead atoms. The predicted octanol–water partition coefficient (Wildman–Crippen LogP) is 5.00. The lowest BCUT2D eigenvalue weighted by Gasteiger charge is -2.35. The van der Waals surface area contributed by atoms with Crippen LogP contribution in [-0.4, -0.2) is 18.3 Å². The van der Waals surface area contributed by atoms with E-state index in [4.69, 9.17) is 4.74 Å². The molecule has 5 heteroatoms. The van der Waals surface area contributed by atoms with Gasteiger partial charge in [-0.05, 0) is 51.3 Å². The Hall–Kier alpha value is -3.34. The summed E-state index contributed by atoms with van der Waals surface area (Å²) in [5.41, 5.74) is 5.55. The van der Waals surface area contributed by atoms with Gasteiger partial charge in [-0.2, -0.15) is 0 Å². The summed E-state index contributed by atoms with van der Waals surface area (Å²) in [7, 11) is 0. The third kappa shape index (κ3) is 4.00. The molecule has 0 aromatic heterocycles. The number of ketones is 1. The summed E-state index contributed by atoms with van der Waals surface area (Å²) in [6.07, 6.45) is 2.13. The van der Waals surface area contributed by atoms with Gasteiger partial charge >= 0.3 is 0 Å². The van der Waals surface area contributed by atoms with Gasteiger partial charge in [-0.1, -0.05) is 36.4 Å². The standard InChI is InChI=1S/C26H28N2O3/c1-4-31-22-15-8-6-11-18(22)24-23(26(30)28-19-12-7-5-10-16(19)2)17(3)27-20-13-9-14-21(29)25(20)24/h5-8,10-12,15,24,27H,4,9,13-14H2,1-3H3,(H,28,30)/t24-/m1/s1. The van der Waals surface area contributed by atoms with Crippen molar-refractivity contribution < 1.29 is 14.3 Å². The maximum Gasteiger partial charge on any atom is 0.254 e. The highest BCUT2D eigenvalue weighted by Crippen LogP contribution is 2.45. The number of hydrogen-bond donors (Lipinski definition) is 2. The summed E-state index contributed by atoms with van der Waals surface area (Å²) in [4.78, 5) is 26.7. The number of allylic oxidation sites excluding steroid dienone is 3. The van der Waals surface area contributed by atoms with E-state index in [0.29, 0.717) is 29.9 Å². The second-order valence-electron chi connectivity index (χ2n) is 8.01. The zero-order valence-corrected chi connectivity index (χ0v) is 18.2. The van der Waals surface area contributed by atoms with Gasteiger partial charge in [0.05, 0.1) is 12.5 Å². The number of carbonyl (C=O) groups is 2. The van der Waals surface area contributed by atoms with Gasteiger partial charge in [0.2, 0.25) is 0 Å². The van der Waals surface area contributed by atoms with Crippen molar-refractivity contribution in [3.8, 4) is 5.75 Å². The largest absolute Gasteiger partial charge is 0.494 e. The Labute approximate surface area is 183 Å². The molecular formula is C26H28N2O3. The molecule has 1 amide bonds. The Morgan fingerprint density at radius 2 is 1.84 bits per heavy atom. The Kier molecular flexibility index (Phi) is 5.94. The minimum Gasteiger partial charge on any atom is -0.494 e. The maximum atomic E-state index is 13.6. The highest BCUT2D eigenvalue weighted by atomic mass is 16.5. The van der Waals surface area contributed by atoms with Crippen LogP contribution in [-0.2, 0) is 9.59 Å². The zero-order chi connectivity index (χ0) is 22.0. The Bertz CT molecular complexity index is 1100. The SMILES string of the molecule is CCOc1ccccc1[C@@H]1C(C(=O)Nc2ccccc2C)=C(C)NC2=C1C(=O)CCC2.